The number of pyridine rings is 1. The summed E-state index contributed by atoms with van der Waals surface area (Å²) in [6.45, 7) is 3.49. The first-order chi connectivity index (χ1) is 16.4. The Morgan fingerprint density at radius 2 is 2.18 bits per heavy atom. The largest absolute Gasteiger partial charge is 0.419 e. The molecule has 0 saturated carbocycles. The minimum atomic E-state index is -0.612. The van der Waals surface area contributed by atoms with E-state index in [-0.39, 0.29) is 11.7 Å². The number of benzene rings is 1. The SMILES string of the molecule is COCC1(C(=O)N2CCc3ncc(C#N)cc3C2)CCN(Cc2ccc3oc(=O)n(C)c3c2)C1. The molecule has 0 aliphatic carbocycles. The third-order valence-electron chi connectivity index (χ3n) is 7.03. The lowest BCUT2D eigenvalue weighted by atomic mass is 9.85. The summed E-state index contributed by atoms with van der Waals surface area (Å²) in [5.41, 5.74) is 4.20. The van der Waals surface area contributed by atoms with Gasteiger partial charge >= 0.3 is 5.76 Å². The number of nitriles is 1. The van der Waals surface area contributed by atoms with E-state index in [1.54, 1.807) is 20.4 Å². The quantitative estimate of drug-likeness (QED) is 0.571. The smallest absolute Gasteiger partial charge is 0.408 e. The number of hydrogen-bond acceptors (Lipinski definition) is 7. The van der Waals surface area contributed by atoms with Crippen molar-refractivity contribution in [3.8, 4) is 6.07 Å². The van der Waals surface area contributed by atoms with Crippen LogP contribution in [-0.2, 0) is 36.1 Å². The van der Waals surface area contributed by atoms with Crippen molar-refractivity contribution in [1.82, 2.24) is 19.4 Å². The highest BCUT2D eigenvalue weighted by molar-refractivity contribution is 5.84. The summed E-state index contributed by atoms with van der Waals surface area (Å²) in [6.07, 6.45) is 2.99. The van der Waals surface area contributed by atoms with Crippen LogP contribution in [-0.4, -0.2) is 58.6 Å². The van der Waals surface area contributed by atoms with E-state index in [1.165, 1.54) is 4.57 Å². The highest BCUT2D eigenvalue weighted by atomic mass is 16.5. The fraction of sp³-hybridized carbons (Fsp3) is 0.440. The van der Waals surface area contributed by atoms with Crippen LogP contribution in [0.3, 0.4) is 0 Å². The molecule has 0 spiro atoms. The van der Waals surface area contributed by atoms with Gasteiger partial charge in [0.25, 0.3) is 0 Å². The first kappa shape index (κ1) is 22.3. The van der Waals surface area contributed by atoms with Gasteiger partial charge in [0.1, 0.15) is 6.07 Å². The molecule has 1 amide bonds. The van der Waals surface area contributed by atoms with Crippen molar-refractivity contribution < 1.29 is 13.9 Å². The van der Waals surface area contributed by atoms with Crippen LogP contribution >= 0.6 is 0 Å². The molecule has 34 heavy (non-hydrogen) atoms. The number of likely N-dealkylation sites (tertiary alicyclic amines) is 1. The zero-order valence-corrected chi connectivity index (χ0v) is 19.4. The maximum atomic E-state index is 13.8. The molecule has 0 radical (unpaired) electrons. The van der Waals surface area contributed by atoms with Gasteiger partial charge in [-0.05, 0) is 42.3 Å². The highest BCUT2D eigenvalue weighted by Crippen LogP contribution is 2.35. The number of amides is 1. The summed E-state index contributed by atoms with van der Waals surface area (Å²) in [5, 5.41) is 9.21. The molecule has 0 N–H and O–H groups in total. The second-order valence-electron chi connectivity index (χ2n) is 9.32. The lowest BCUT2D eigenvalue weighted by molar-refractivity contribution is -0.145. The van der Waals surface area contributed by atoms with Crippen molar-refractivity contribution >= 4 is 17.0 Å². The predicted molar refractivity (Wildman–Crippen MR) is 124 cm³/mol. The predicted octanol–water partition coefficient (Wildman–Crippen LogP) is 1.82. The fourth-order valence-electron chi connectivity index (χ4n) is 5.25. The van der Waals surface area contributed by atoms with Crippen LogP contribution in [0.25, 0.3) is 11.1 Å². The number of carbonyl (C=O) groups excluding carboxylic acids is 1. The number of fused-ring (bicyclic) bond motifs is 2. The molecule has 1 unspecified atom stereocenters. The van der Waals surface area contributed by atoms with E-state index in [2.05, 4.69) is 16.0 Å². The molecule has 1 saturated heterocycles. The Labute approximate surface area is 197 Å². The van der Waals surface area contributed by atoms with E-state index in [0.29, 0.717) is 56.8 Å². The van der Waals surface area contributed by atoms with Crippen molar-refractivity contribution in [2.24, 2.45) is 12.5 Å². The fourth-order valence-corrected chi connectivity index (χ4v) is 5.25. The van der Waals surface area contributed by atoms with Gasteiger partial charge in [0, 0.05) is 58.6 Å². The zero-order chi connectivity index (χ0) is 23.9. The number of methoxy groups -OCH3 is 1. The van der Waals surface area contributed by atoms with E-state index >= 15 is 0 Å². The standard InChI is InChI=1S/C25H27N5O4/c1-28-21-10-17(3-4-22(21)34-24(28)32)13-29-8-6-25(15-29,16-33-2)23(31)30-7-5-20-19(14-30)9-18(11-26)12-27-20/h3-4,9-10,12H,5-8,13-16H2,1-2H3. The van der Waals surface area contributed by atoms with Crippen LogP contribution in [0.2, 0.25) is 0 Å². The molecule has 0 bridgehead atoms. The number of rotatable bonds is 5. The van der Waals surface area contributed by atoms with Gasteiger partial charge in [0.05, 0.1) is 23.1 Å². The van der Waals surface area contributed by atoms with Gasteiger partial charge in [0.2, 0.25) is 5.91 Å². The van der Waals surface area contributed by atoms with Crippen molar-refractivity contribution in [1.29, 1.82) is 5.26 Å². The van der Waals surface area contributed by atoms with Crippen molar-refractivity contribution in [2.75, 3.05) is 33.4 Å². The van der Waals surface area contributed by atoms with Gasteiger partial charge < -0.3 is 14.1 Å². The van der Waals surface area contributed by atoms with Gasteiger partial charge in [-0.2, -0.15) is 5.26 Å². The summed E-state index contributed by atoms with van der Waals surface area (Å²) in [5.74, 6) is -0.282. The topological polar surface area (TPSA) is 105 Å². The molecule has 1 aromatic carbocycles. The van der Waals surface area contributed by atoms with E-state index in [4.69, 9.17) is 9.15 Å². The number of oxazole rings is 1. The zero-order valence-electron chi connectivity index (χ0n) is 19.4. The van der Waals surface area contributed by atoms with Crippen molar-refractivity contribution in [3.63, 3.8) is 0 Å². The summed E-state index contributed by atoms with van der Waals surface area (Å²) in [7, 11) is 3.33. The average Bonchev–Trinajstić information content (AvgIpc) is 3.39. The summed E-state index contributed by atoms with van der Waals surface area (Å²) in [4.78, 5) is 34.1. The Kier molecular flexibility index (Phi) is 5.71. The number of nitrogens with zero attached hydrogens (tertiary/aromatic N) is 5. The van der Waals surface area contributed by atoms with Crippen LogP contribution in [0.4, 0.5) is 0 Å². The molecule has 3 aromatic rings. The van der Waals surface area contributed by atoms with E-state index < -0.39 is 5.41 Å². The molecular weight excluding hydrogens is 434 g/mol. The monoisotopic (exact) mass is 461 g/mol. The van der Waals surface area contributed by atoms with Gasteiger partial charge in [0.15, 0.2) is 5.58 Å². The first-order valence-corrected chi connectivity index (χ1v) is 11.4. The maximum Gasteiger partial charge on any atom is 0.419 e. The van der Waals surface area contributed by atoms with Crippen LogP contribution < -0.4 is 5.76 Å². The number of ether oxygens (including phenoxy) is 1. The number of aromatic nitrogens is 2. The van der Waals surface area contributed by atoms with Gasteiger partial charge in [-0.3, -0.25) is 19.2 Å². The Balaban J connectivity index is 1.33. The summed E-state index contributed by atoms with van der Waals surface area (Å²) >= 11 is 0. The van der Waals surface area contributed by atoms with E-state index in [1.807, 2.05) is 29.2 Å². The van der Waals surface area contributed by atoms with Gasteiger partial charge in [-0.1, -0.05) is 6.07 Å². The molecule has 1 atom stereocenters. The molecule has 9 heteroatoms. The number of aryl methyl sites for hydroxylation is 1. The number of carbonyl (C=O) groups is 1. The summed E-state index contributed by atoms with van der Waals surface area (Å²) < 4.78 is 12.3. The van der Waals surface area contributed by atoms with Gasteiger partial charge in [-0.15, -0.1) is 0 Å². The van der Waals surface area contributed by atoms with Gasteiger partial charge in [-0.25, -0.2) is 4.79 Å². The lowest BCUT2D eigenvalue weighted by Crippen LogP contribution is -2.49. The first-order valence-electron chi connectivity index (χ1n) is 11.4. The maximum absolute atomic E-state index is 13.8. The lowest BCUT2D eigenvalue weighted by Gasteiger charge is -2.36. The molecule has 2 aliphatic heterocycles. The Morgan fingerprint density at radius 3 is 2.97 bits per heavy atom. The normalized spacial score (nSPS) is 20.4. The van der Waals surface area contributed by atoms with Crippen LogP contribution in [0, 0.1) is 16.7 Å². The van der Waals surface area contributed by atoms with Crippen LogP contribution in [0.1, 0.15) is 28.8 Å². The molecule has 176 valence electrons. The van der Waals surface area contributed by atoms with E-state index in [0.717, 1.165) is 28.9 Å². The third-order valence-corrected chi connectivity index (χ3v) is 7.03. The molecule has 2 aliphatic rings. The molecular formula is C25H27N5O4. The molecule has 2 aromatic heterocycles. The van der Waals surface area contributed by atoms with Crippen molar-refractivity contribution in [3.05, 3.63) is 63.4 Å². The molecule has 4 heterocycles. The number of hydrogen-bond donors (Lipinski definition) is 0. The Hall–Kier alpha value is -3.48. The summed E-state index contributed by atoms with van der Waals surface area (Å²) in [6, 6.07) is 9.73. The highest BCUT2D eigenvalue weighted by Gasteiger charge is 2.47. The minimum Gasteiger partial charge on any atom is -0.408 e. The second-order valence-corrected chi connectivity index (χ2v) is 9.32. The van der Waals surface area contributed by atoms with Crippen LogP contribution in [0.15, 0.2) is 39.7 Å². The third kappa shape index (κ3) is 3.89. The second kappa shape index (κ2) is 8.70. The molecule has 5 rings (SSSR count). The minimum absolute atomic E-state index is 0.0949. The Bertz CT molecular complexity index is 1350. The molecule has 1 fully saturated rings. The van der Waals surface area contributed by atoms with E-state index in [9.17, 15) is 14.9 Å². The average molecular weight is 462 g/mol. The molecule has 9 nitrogen and oxygen atoms in total. The Morgan fingerprint density at radius 1 is 1.32 bits per heavy atom. The van der Waals surface area contributed by atoms with Crippen molar-refractivity contribution in [2.45, 2.75) is 25.9 Å². The van der Waals surface area contributed by atoms with Crippen LogP contribution in [0.5, 0.6) is 0 Å².